The minimum absolute atomic E-state index is 0.0331. The summed E-state index contributed by atoms with van der Waals surface area (Å²) in [7, 11) is 0. The van der Waals surface area contributed by atoms with Gasteiger partial charge in [0.05, 0.1) is 5.02 Å². The van der Waals surface area contributed by atoms with Crippen molar-refractivity contribution in [2.45, 2.75) is 6.92 Å². The van der Waals surface area contributed by atoms with Gasteiger partial charge in [0.25, 0.3) is 0 Å². The van der Waals surface area contributed by atoms with Crippen molar-refractivity contribution in [3.63, 3.8) is 0 Å². The highest BCUT2D eigenvalue weighted by Gasteiger charge is 2.04. The van der Waals surface area contributed by atoms with Crippen molar-refractivity contribution in [1.82, 2.24) is 0 Å². The Kier molecular flexibility index (Phi) is 5.72. The molecule has 0 saturated heterocycles. The van der Waals surface area contributed by atoms with Gasteiger partial charge in [-0.2, -0.15) is 0 Å². The van der Waals surface area contributed by atoms with Gasteiger partial charge in [-0.25, -0.2) is 0 Å². The number of anilines is 1. The maximum absolute atomic E-state index is 12.2. The lowest BCUT2D eigenvalue weighted by atomic mass is 10.1. The summed E-state index contributed by atoms with van der Waals surface area (Å²) in [6, 6.07) is 24.0. The van der Waals surface area contributed by atoms with Crippen LogP contribution in [0.3, 0.4) is 0 Å². The quantitative estimate of drug-likeness (QED) is 0.410. The summed E-state index contributed by atoms with van der Waals surface area (Å²) in [5.74, 6) is 1.26. The summed E-state index contributed by atoms with van der Waals surface area (Å²) in [5, 5.41) is 3.77. The van der Waals surface area contributed by atoms with Crippen molar-refractivity contribution >= 4 is 23.1 Å². The number of hydrogen-bond donors (Lipinski definition) is 1. The second-order valence-corrected chi connectivity index (χ2v) is 6.15. The van der Waals surface area contributed by atoms with Crippen molar-refractivity contribution in [3.05, 3.63) is 101 Å². The summed E-state index contributed by atoms with van der Waals surface area (Å²) >= 11 is 6.10. The Bertz CT molecular complexity index is 918. The Hall–Kier alpha value is -3.04. The van der Waals surface area contributed by atoms with E-state index in [0.717, 1.165) is 11.4 Å². The molecule has 0 aromatic heterocycles. The molecular weight excluding hydrogens is 346 g/mol. The van der Waals surface area contributed by atoms with Crippen molar-refractivity contribution in [2.75, 3.05) is 5.32 Å². The predicted octanol–water partition coefficient (Wildman–Crippen LogP) is 6.33. The number of para-hydroxylation sites is 1. The van der Waals surface area contributed by atoms with Crippen molar-refractivity contribution in [3.8, 4) is 11.5 Å². The standard InChI is InChI=1S/C22H18ClNO2/c1-16(15-21(25)17-7-3-2-4-8-17)24-18-11-13-19(14-12-18)26-22-10-6-5-9-20(22)23/h2-15,24H,1H3/b16-15+. The summed E-state index contributed by atoms with van der Waals surface area (Å²) in [5.41, 5.74) is 2.29. The highest BCUT2D eigenvalue weighted by atomic mass is 35.5. The third kappa shape index (κ3) is 4.74. The third-order valence-electron chi connectivity index (χ3n) is 3.67. The van der Waals surface area contributed by atoms with Gasteiger partial charge in [-0.3, -0.25) is 4.79 Å². The monoisotopic (exact) mass is 363 g/mol. The van der Waals surface area contributed by atoms with Gasteiger partial charge >= 0.3 is 0 Å². The van der Waals surface area contributed by atoms with Crippen LogP contribution in [0.15, 0.2) is 90.6 Å². The number of rotatable bonds is 6. The molecule has 3 aromatic rings. The van der Waals surface area contributed by atoms with Crippen LogP contribution in [0, 0.1) is 0 Å². The number of allylic oxidation sites excluding steroid dienone is 2. The van der Waals surface area contributed by atoms with E-state index >= 15 is 0 Å². The molecule has 0 aliphatic carbocycles. The van der Waals surface area contributed by atoms with Crippen LogP contribution < -0.4 is 10.1 Å². The fourth-order valence-corrected chi connectivity index (χ4v) is 2.58. The van der Waals surface area contributed by atoms with E-state index < -0.39 is 0 Å². The van der Waals surface area contributed by atoms with Crippen molar-refractivity contribution in [1.29, 1.82) is 0 Å². The maximum atomic E-state index is 12.2. The molecule has 26 heavy (non-hydrogen) atoms. The Morgan fingerprint density at radius 2 is 1.58 bits per heavy atom. The summed E-state index contributed by atoms with van der Waals surface area (Å²) in [6.45, 7) is 1.86. The molecule has 1 N–H and O–H groups in total. The molecule has 0 aliphatic rings. The fraction of sp³-hybridized carbons (Fsp3) is 0.0455. The second-order valence-electron chi connectivity index (χ2n) is 5.74. The highest BCUT2D eigenvalue weighted by molar-refractivity contribution is 6.32. The van der Waals surface area contributed by atoms with Crippen LogP contribution in [0.4, 0.5) is 5.69 Å². The Balaban J connectivity index is 1.64. The van der Waals surface area contributed by atoms with E-state index in [2.05, 4.69) is 5.32 Å². The van der Waals surface area contributed by atoms with E-state index in [4.69, 9.17) is 16.3 Å². The van der Waals surface area contributed by atoms with Crippen molar-refractivity contribution < 1.29 is 9.53 Å². The molecule has 130 valence electrons. The first-order chi connectivity index (χ1) is 12.6. The molecule has 0 atom stereocenters. The van der Waals surface area contributed by atoms with Crippen LogP contribution in [-0.4, -0.2) is 5.78 Å². The van der Waals surface area contributed by atoms with Crippen LogP contribution in [0.25, 0.3) is 0 Å². The van der Waals surface area contributed by atoms with Crippen LogP contribution in [0.2, 0.25) is 5.02 Å². The number of ketones is 1. The van der Waals surface area contributed by atoms with E-state index in [1.165, 1.54) is 0 Å². The molecule has 3 nitrogen and oxygen atoms in total. The maximum Gasteiger partial charge on any atom is 0.187 e. The first-order valence-electron chi connectivity index (χ1n) is 8.19. The number of hydrogen-bond acceptors (Lipinski definition) is 3. The van der Waals surface area contributed by atoms with Crippen molar-refractivity contribution in [2.24, 2.45) is 0 Å². The molecule has 3 aromatic carbocycles. The lowest BCUT2D eigenvalue weighted by Crippen LogP contribution is -2.01. The topological polar surface area (TPSA) is 38.3 Å². The molecule has 0 amide bonds. The third-order valence-corrected chi connectivity index (χ3v) is 3.98. The van der Waals surface area contributed by atoms with E-state index in [-0.39, 0.29) is 5.78 Å². The summed E-state index contributed by atoms with van der Waals surface area (Å²) in [4.78, 5) is 12.2. The Morgan fingerprint density at radius 1 is 0.923 bits per heavy atom. The van der Waals surface area contributed by atoms with Gasteiger partial charge in [0, 0.05) is 23.0 Å². The van der Waals surface area contributed by atoms with Gasteiger partial charge < -0.3 is 10.1 Å². The van der Waals surface area contributed by atoms with Crippen LogP contribution in [-0.2, 0) is 0 Å². The van der Waals surface area contributed by atoms with E-state index in [1.807, 2.05) is 67.6 Å². The SMILES string of the molecule is C/C(=C\C(=O)c1ccccc1)Nc1ccc(Oc2ccccc2Cl)cc1. The molecule has 0 fully saturated rings. The lowest BCUT2D eigenvalue weighted by molar-refractivity contribution is 0.104. The average Bonchev–Trinajstić information content (AvgIpc) is 2.66. The molecular formula is C22H18ClNO2. The zero-order valence-electron chi connectivity index (χ0n) is 14.3. The number of halogens is 1. The van der Waals surface area contributed by atoms with Crippen LogP contribution >= 0.6 is 11.6 Å². The summed E-state index contributed by atoms with van der Waals surface area (Å²) in [6.07, 6.45) is 1.59. The van der Waals surface area contributed by atoms with E-state index in [9.17, 15) is 4.79 Å². The number of nitrogens with one attached hydrogen (secondary N) is 1. The van der Waals surface area contributed by atoms with Crippen LogP contribution in [0.1, 0.15) is 17.3 Å². The van der Waals surface area contributed by atoms with E-state index in [1.54, 1.807) is 24.3 Å². The largest absolute Gasteiger partial charge is 0.456 e. The molecule has 0 bridgehead atoms. The predicted molar refractivity (Wildman–Crippen MR) is 106 cm³/mol. The minimum Gasteiger partial charge on any atom is -0.456 e. The number of ether oxygens (including phenoxy) is 1. The first kappa shape index (κ1) is 17.8. The lowest BCUT2D eigenvalue weighted by Gasteiger charge is -2.10. The molecule has 0 unspecified atom stereocenters. The molecule has 3 rings (SSSR count). The zero-order valence-corrected chi connectivity index (χ0v) is 15.0. The van der Waals surface area contributed by atoms with Gasteiger partial charge in [0.1, 0.15) is 11.5 Å². The molecule has 0 spiro atoms. The van der Waals surface area contributed by atoms with Gasteiger partial charge in [-0.05, 0) is 43.3 Å². The highest BCUT2D eigenvalue weighted by Crippen LogP contribution is 2.29. The van der Waals surface area contributed by atoms with Gasteiger partial charge in [-0.15, -0.1) is 0 Å². The zero-order chi connectivity index (χ0) is 18.4. The minimum atomic E-state index is -0.0331. The molecule has 0 heterocycles. The fourth-order valence-electron chi connectivity index (χ4n) is 2.41. The Labute approximate surface area is 157 Å². The second kappa shape index (κ2) is 8.37. The number of carbonyl (C=O) groups is 1. The molecule has 0 radical (unpaired) electrons. The van der Waals surface area contributed by atoms with Gasteiger partial charge in [0.2, 0.25) is 0 Å². The van der Waals surface area contributed by atoms with Gasteiger partial charge in [0.15, 0.2) is 5.78 Å². The smallest absolute Gasteiger partial charge is 0.187 e. The molecule has 0 aliphatic heterocycles. The molecule has 4 heteroatoms. The summed E-state index contributed by atoms with van der Waals surface area (Å²) < 4.78 is 5.76. The van der Waals surface area contributed by atoms with E-state index in [0.29, 0.717) is 22.1 Å². The van der Waals surface area contributed by atoms with Gasteiger partial charge in [-0.1, -0.05) is 54.1 Å². The Morgan fingerprint density at radius 3 is 2.27 bits per heavy atom. The molecule has 0 saturated carbocycles. The normalized spacial score (nSPS) is 11.1. The number of benzene rings is 3. The first-order valence-corrected chi connectivity index (χ1v) is 8.57. The average molecular weight is 364 g/mol. The van der Waals surface area contributed by atoms with Crippen LogP contribution in [0.5, 0.6) is 11.5 Å². The number of carbonyl (C=O) groups excluding carboxylic acids is 1.